The maximum Gasteiger partial charge on any atom is 0.280 e. The molecule has 176 valence electrons. The molecule has 0 unspecified atom stereocenters. The lowest BCUT2D eigenvalue weighted by Crippen LogP contribution is -2.43. The lowest BCUT2D eigenvalue weighted by Gasteiger charge is -2.38. The van der Waals surface area contributed by atoms with Crippen LogP contribution in [0.2, 0.25) is 0 Å². The Morgan fingerprint density at radius 2 is 1.88 bits per heavy atom. The summed E-state index contributed by atoms with van der Waals surface area (Å²) >= 11 is 1.33. The van der Waals surface area contributed by atoms with E-state index in [0.29, 0.717) is 22.5 Å². The van der Waals surface area contributed by atoms with Crippen molar-refractivity contribution in [2.24, 2.45) is 0 Å². The minimum absolute atomic E-state index is 0.163. The van der Waals surface area contributed by atoms with Gasteiger partial charge in [-0.2, -0.15) is 0 Å². The van der Waals surface area contributed by atoms with Gasteiger partial charge in [0, 0.05) is 43.0 Å². The summed E-state index contributed by atoms with van der Waals surface area (Å²) in [5, 5.41) is 5.34. The van der Waals surface area contributed by atoms with Gasteiger partial charge in [0.15, 0.2) is 14.8 Å². The molecule has 2 bridgehead atoms. The largest absolute Gasteiger partial charge is 0.346 e. The van der Waals surface area contributed by atoms with Crippen LogP contribution in [-0.2, 0) is 16.4 Å². The standard InChI is InChI=1S/C26H27N3O3S2/c1-34(31,32)21-10-7-19(8-11-21)22-15-20-9-12-24(29(20)17-18-5-3-2-4-6-18)23(22)16-28-25(30)26-27-13-14-33-26/h2-8,10-11,13-14,20,24H,9,12,15-17H2,1H3,(H,28,30)/t20-,24+/m0/s1. The Labute approximate surface area is 204 Å². The quantitative estimate of drug-likeness (QED) is 0.535. The minimum atomic E-state index is -3.25. The minimum Gasteiger partial charge on any atom is -0.346 e. The maximum absolute atomic E-state index is 12.7. The van der Waals surface area contributed by atoms with E-state index in [0.717, 1.165) is 31.4 Å². The van der Waals surface area contributed by atoms with Gasteiger partial charge in [-0.25, -0.2) is 13.4 Å². The Kier molecular flexibility index (Phi) is 6.38. The SMILES string of the molecule is CS(=O)(=O)c1ccc(C2=C(CNC(=O)c3nccs3)[C@H]3CC[C@@H](C2)N3Cc2ccccc2)cc1. The first-order valence-corrected chi connectivity index (χ1v) is 14.2. The van der Waals surface area contributed by atoms with Gasteiger partial charge in [0.05, 0.1) is 4.90 Å². The number of aromatic nitrogens is 1. The molecule has 1 N–H and O–H groups in total. The number of carbonyl (C=O) groups is 1. The van der Waals surface area contributed by atoms with Crippen molar-refractivity contribution >= 4 is 32.7 Å². The molecular weight excluding hydrogens is 466 g/mol. The fourth-order valence-corrected chi connectivity index (χ4v) is 6.33. The summed E-state index contributed by atoms with van der Waals surface area (Å²) in [7, 11) is -3.25. The number of hydrogen-bond donors (Lipinski definition) is 1. The number of hydrogen-bond acceptors (Lipinski definition) is 6. The predicted octanol–water partition coefficient (Wildman–Crippen LogP) is 4.17. The second-order valence-corrected chi connectivity index (χ2v) is 11.8. The average molecular weight is 494 g/mol. The van der Waals surface area contributed by atoms with E-state index in [9.17, 15) is 13.2 Å². The summed E-state index contributed by atoms with van der Waals surface area (Å²) < 4.78 is 23.9. The molecule has 0 saturated carbocycles. The summed E-state index contributed by atoms with van der Waals surface area (Å²) in [4.78, 5) is 19.7. The van der Waals surface area contributed by atoms with E-state index >= 15 is 0 Å². The van der Waals surface area contributed by atoms with E-state index < -0.39 is 9.84 Å². The number of thiazole rings is 1. The Balaban J connectivity index is 1.47. The molecular formula is C26H27N3O3S2. The van der Waals surface area contributed by atoms with Crippen molar-refractivity contribution in [2.45, 2.75) is 42.8 Å². The molecule has 0 aliphatic carbocycles. The molecule has 6 nitrogen and oxygen atoms in total. The van der Waals surface area contributed by atoms with Crippen LogP contribution in [-0.4, -0.2) is 49.1 Å². The molecule has 1 fully saturated rings. The smallest absolute Gasteiger partial charge is 0.280 e. The molecule has 0 spiro atoms. The summed E-state index contributed by atoms with van der Waals surface area (Å²) in [6, 6.07) is 18.3. The van der Waals surface area contributed by atoms with Crippen molar-refractivity contribution in [3.05, 3.63) is 87.9 Å². The van der Waals surface area contributed by atoms with Gasteiger partial charge in [-0.1, -0.05) is 42.5 Å². The first-order chi connectivity index (χ1) is 16.4. The second kappa shape index (κ2) is 9.44. The molecule has 1 saturated heterocycles. The van der Waals surface area contributed by atoms with Crippen LogP contribution in [0.1, 0.15) is 40.2 Å². The summed E-state index contributed by atoms with van der Waals surface area (Å²) in [6.07, 6.45) is 5.89. The van der Waals surface area contributed by atoms with Crippen LogP contribution >= 0.6 is 11.3 Å². The van der Waals surface area contributed by atoms with Crippen LogP contribution < -0.4 is 5.32 Å². The number of sulfone groups is 1. The second-order valence-electron chi connectivity index (χ2n) is 8.93. The highest BCUT2D eigenvalue weighted by Gasteiger charge is 2.41. The molecule has 0 radical (unpaired) electrons. The van der Waals surface area contributed by atoms with Gasteiger partial charge < -0.3 is 5.32 Å². The number of nitrogens with zero attached hydrogens (tertiary/aromatic N) is 2. The Morgan fingerprint density at radius 1 is 1.12 bits per heavy atom. The number of nitrogens with one attached hydrogen (secondary N) is 1. The van der Waals surface area contributed by atoms with Crippen molar-refractivity contribution in [3.63, 3.8) is 0 Å². The van der Waals surface area contributed by atoms with E-state index in [1.807, 2.05) is 18.2 Å². The van der Waals surface area contributed by atoms with Crippen LogP contribution in [0.5, 0.6) is 0 Å². The number of benzene rings is 2. The lowest BCUT2D eigenvalue weighted by atomic mass is 9.88. The third kappa shape index (κ3) is 4.71. The number of carbonyl (C=O) groups excluding carboxylic acids is 1. The van der Waals surface area contributed by atoms with Gasteiger partial charge >= 0.3 is 0 Å². The highest BCUT2D eigenvalue weighted by Crippen LogP contribution is 2.43. The van der Waals surface area contributed by atoms with E-state index in [2.05, 4.69) is 39.5 Å². The van der Waals surface area contributed by atoms with Gasteiger partial charge in [-0.05, 0) is 53.7 Å². The van der Waals surface area contributed by atoms with Crippen molar-refractivity contribution in [2.75, 3.05) is 12.8 Å². The molecule has 2 atom stereocenters. The maximum atomic E-state index is 12.7. The number of amides is 1. The van der Waals surface area contributed by atoms with E-state index in [1.165, 1.54) is 34.3 Å². The van der Waals surface area contributed by atoms with Crippen LogP contribution in [0.3, 0.4) is 0 Å². The fourth-order valence-electron chi connectivity index (χ4n) is 5.15. The fraction of sp³-hybridized carbons (Fsp3) is 0.308. The van der Waals surface area contributed by atoms with Crippen molar-refractivity contribution in [3.8, 4) is 0 Å². The molecule has 2 aliphatic heterocycles. The van der Waals surface area contributed by atoms with E-state index in [-0.39, 0.29) is 11.9 Å². The predicted molar refractivity (Wildman–Crippen MR) is 134 cm³/mol. The molecule has 5 rings (SSSR count). The topological polar surface area (TPSA) is 79.4 Å². The van der Waals surface area contributed by atoms with Gasteiger partial charge in [0.1, 0.15) is 0 Å². The third-order valence-corrected chi connectivity index (χ3v) is 8.68. The molecule has 2 aliphatic rings. The van der Waals surface area contributed by atoms with E-state index in [4.69, 9.17) is 0 Å². The molecule has 34 heavy (non-hydrogen) atoms. The van der Waals surface area contributed by atoms with E-state index in [1.54, 1.807) is 23.7 Å². The van der Waals surface area contributed by atoms with Gasteiger partial charge in [0.25, 0.3) is 5.91 Å². The van der Waals surface area contributed by atoms with Gasteiger partial charge in [-0.15, -0.1) is 11.3 Å². The van der Waals surface area contributed by atoms with Crippen molar-refractivity contribution in [1.82, 2.24) is 15.2 Å². The molecule has 1 aromatic heterocycles. The third-order valence-electron chi connectivity index (χ3n) is 6.78. The molecule has 3 aromatic rings. The van der Waals surface area contributed by atoms with Gasteiger partial charge in [0.2, 0.25) is 0 Å². The van der Waals surface area contributed by atoms with Crippen LogP contribution in [0.4, 0.5) is 0 Å². The van der Waals surface area contributed by atoms with Gasteiger partial charge in [-0.3, -0.25) is 9.69 Å². The number of rotatable bonds is 7. The highest BCUT2D eigenvalue weighted by molar-refractivity contribution is 7.90. The highest BCUT2D eigenvalue weighted by atomic mass is 32.2. The van der Waals surface area contributed by atoms with Crippen LogP contribution in [0.25, 0.3) is 5.57 Å². The summed E-state index contributed by atoms with van der Waals surface area (Å²) in [6.45, 7) is 1.32. The molecule has 1 amide bonds. The Morgan fingerprint density at radius 3 is 2.56 bits per heavy atom. The Bertz CT molecular complexity index is 1300. The summed E-state index contributed by atoms with van der Waals surface area (Å²) in [5.41, 5.74) is 4.74. The first kappa shape index (κ1) is 23.0. The zero-order valence-electron chi connectivity index (χ0n) is 19.0. The zero-order valence-corrected chi connectivity index (χ0v) is 20.6. The number of fused-ring (bicyclic) bond motifs is 2. The summed E-state index contributed by atoms with van der Waals surface area (Å²) in [5.74, 6) is -0.163. The average Bonchev–Trinajstić information content (AvgIpc) is 3.46. The molecule has 8 heteroatoms. The van der Waals surface area contributed by atoms with Crippen LogP contribution in [0, 0.1) is 0 Å². The lowest BCUT2D eigenvalue weighted by molar-refractivity contribution is 0.0954. The molecule has 2 aromatic carbocycles. The normalized spacial score (nSPS) is 20.5. The first-order valence-electron chi connectivity index (χ1n) is 11.4. The zero-order chi connectivity index (χ0) is 23.7. The monoisotopic (exact) mass is 493 g/mol. The molecule has 3 heterocycles. The Hall–Kier alpha value is -2.81. The van der Waals surface area contributed by atoms with Crippen LogP contribution in [0.15, 0.2) is 76.6 Å². The van der Waals surface area contributed by atoms with Crippen molar-refractivity contribution < 1.29 is 13.2 Å². The van der Waals surface area contributed by atoms with Crippen molar-refractivity contribution in [1.29, 1.82) is 0 Å².